The van der Waals surface area contributed by atoms with E-state index < -0.39 is 0 Å². The monoisotopic (exact) mass is 279 g/mol. The molecular weight excluding hydrogens is 262 g/mol. The van der Waals surface area contributed by atoms with E-state index >= 15 is 0 Å². The fourth-order valence-electron chi connectivity index (χ4n) is 2.19. The molecule has 2 aromatic carbocycles. The van der Waals surface area contributed by atoms with Gasteiger partial charge in [-0.1, -0.05) is 60.7 Å². The Bertz CT molecular complexity index is 638. The second-order valence-electron chi connectivity index (χ2n) is 4.81. The Morgan fingerprint density at radius 2 is 1.67 bits per heavy atom. The van der Waals surface area contributed by atoms with E-state index in [1.165, 1.54) is 0 Å². The highest BCUT2D eigenvalue weighted by molar-refractivity contribution is 5.18. The van der Waals surface area contributed by atoms with Crippen molar-refractivity contribution >= 4 is 0 Å². The summed E-state index contributed by atoms with van der Waals surface area (Å²) in [5.74, 6) is 0. The molecule has 4 heteroatoms. The third-order valence-electron chi connectivity index (χ3n) is 3.28. The number of benzene rings is 2. The average Bonchev–Trinajstić information content (AvgIpc) is 3.06. The zero-order valence-corrected chi connectivity index (χ0v) is 11.7. The molecule has 1 heterocycles. The highest BCUT2D eigenvalue weighted by atomic mass is 16.5. The van der Waals surface area contributed by atoms with Gasteiger partial charge in [0, 0.05) is 0 Å². The van der Waals surface area contributed by atoms with E-state index in [4.69, 9.17) is 4.74 Å². The van der Waals surface area contributed by atoms with Crippen LogP contribution in [0, 0.1) is 0 Å². The van der Waals surface area contributed by atoms with E-state index in [1.54, 1.807) is 17.3 Å². The fraction of sp³-hybridized carbons (Fsp3) is 0.176. The van der Waals surface area contributed by atoms with Crippen LogP contribution in [0.1, 0.15) is 17.2 Å². The van der Waals surface area contributed by atoms with Gasteiger partial charge in [-0.3, -0.25) is 4.68 Å². The zero-order valence-electron chi connectivity index (χ0n) is 11.7. The molecule has 0 fully saturated rings. The van der Waals surface area contributed by atoms with Crippen LogP contribution in [0.5, 0.6) is 0 Å². The molecule has 0 spiro atoms. The fourth-order valence-corrected chi connectivity index (χ4v) is 2.19. The molecule has 1 unspecified atom stereocenters. The first-order valence-corrected chi connectivity index (χ1v) is 6.95. The molecule has 0 bridgehead atoms. The molecule has 0 amide bonds. The van der Waals surface area contributed by atoms with Crippen LogP contribution in [-0.2, 0) is 17.9 Å². The van der Waals surface area contributed by atoms with Gasteiger partial charge in [-0.25, -0.2) is 4.98 Å². The summed E-state index contributed by atoms with van der Waals surface area (Å²) < 4.78 is 7.89. The van der Waals surface area contributed by atoms with Crippen LogP contribution in [0.2, 0.25) is 0 Å². The summed E-state index contributed by atoms with van der Waals surface area (Å²) >= 11 is 0. The molecule has 0 aliphatic heterocycles. The van der Waals surface area contributed by atoms with Crippen molar-refractivity contribution in [2.45, 2.75) is 19.3 Å². The second-order valence-corrected chi connectivity index (χ2v) is 4.81. The number of rotatable bonds is 6. The van der Waals surface area contributed by atoms with E-state index in [0.717, 1.165) is 11.1 Å². The summed E-state index contributed by atoms with van der Waals surface area (Å²) in [4.78, 5) is 3.98. The van der Waals surface area contributed by atoms with Crippen LogP contribution in [0.25, 0.3) is 0 Å². The highest BCUT2D eigenvalue weighted by Crippen LogP contribution is 2.20. The van der Waals surface area contributed by atoms with Crippen LogP contribution >= 0.6 is 0 Å². The Morgan fingerprint density at radius 3 is 2.33 bits per heavy atom. The van der Waals surface area contributed by atoms with Gasteiger partial charge < -0.3 is 4.74 Å². The van der Waals surface area contributed by atoms with Crippen LogP contribution in [0.15, 0.2) is 73.3 Å². The minimum absolute atomic E-state index is 0.0480. The SMILES string of the molecule is c1ccc(COC(Cn2cncn2)c2ccccc2)cc1. The molecule has 106 valence electrons. The topological polar surface area (TPSA) is 39.9 Å². The van der Waals surface area contributed by atoms with E-state index in [2.05, 4.69) is 34.3 Å². The number of hydrogen-bond acceptors (Lipinski definition) is 3. The van der Waals surface area contributed by atoms with E-state index in [-0.39, 0.29) is 6.10 Å². The molecule has 3 rings (SSSR count). The van der Waals surface area contributed by atoms with Crippen molar-refractivity contribution in [3.05, 3.63) is 84.4 Å². The number of nitrogens with zero attached hydrogens (tertiary/aromatic N) is 3. The van der Waals surface area contributed by atoms with Gasteiger partial charge in [0.2, 0.25) is 0 Å². The molecule has 3 aromatic rings. The first-order valence-electron chi connectivity index (χ1n) is 6.95. The van der Waals surface area contributed by atoms with Gasteiger partial charge in [0.25, 0.3) is 0 Å². The lowest BCUT2D eigenvalue weighted by Crippen LogP contribution is -2.13. The zero-order chi connectivity index (χ0) is 14.3. The van der Waals surface area contributed by atoms with Gasteiger partial charge in [0.1, 0.15) is 18.8 Å². The molecule has 4 nitrogen and oxygen atoms in total. The lowest BCUT2D eigenvalue weighted by atomic mass is 10.1. The van der Waals surface area contributed by atoms with E-state index in [1.807, 2.05) is 36.4 Å². The maximum absolute atomic E-state index is 6.10. The molecule has 0 radical (unpaired) electrons. The van der Waals surface area contributed by atoms with Crippen molar-refractivity contribution in [1.82, 2.24) is 14.8 Å². The van der Waals surface area contributed by atoms with Crippen LogP contribution in [0.4, 0.5) is 0 Å². The minimum atomic E-state index is -0.0480. The lowest BCUT2D eigenvalue weighted by Gasteiger charge is -2.18. The third kappa shape index (κ3) is 3.77. The Morgan fingerprint density at radius 1 is 0.952 bits per heavy atom. The first kappa shape index (κ1) is 13.5. The predicted octanol–water partition coefficient (Wildman–Crippen LogP) is 3.24. The van der Waals surface area contributed by atoms with Crippen molar-refractivity contribution < 1.29 is 4.74 Å². The van der Waals surface area contributed by atoms with Crippen molar-refractivity contribution in [3.8, 4) is 0 Å². The molecule has 0 aliphatic rings. The standard InChI is InChI=1S/C17H17N3O/c1-3-7-15(8-4-1)12-21-17(11-20-14-18-13-19-20)16-9-5-2-6-10-16/h1-10,13-14,17H,11-12H2. The molecule has 0 saturated heterocycles. The van der Waals surface area contributed by atoms with Crippen molar-refractivity contribution in [3.63, 3.8) is 0 Å². The predicted molar refractivity (Wildman–Crippen MR) is 80.4 cm³/mol. The maximum atomic E-state index is 6.10. The molecular formula is C17H17N3O. The molecule has 1 atom stereocenters. The summed E-state index contributed by atoms with van der Waals surface area (Å²) in [6, 6.07) is 20.4. The Kier molecular flexibility index (Phi) is 4.39. The third-order valence-corrected chi connectivity index (χ3v) is 3.28. The van der Waals surface area contributed by atoms with Gasteiger partial charge >= 0.3 is 0 Å². The summed E-state index contributed by atoms with van der Waals surface area (Å²) in [5, 5.41) is 4.16. The summed E-state index contributed by atoms with van der Waals surface area (Å²) in [6.45, 7) is 1.23. The lowest BCUT2D eigenvalue weighted by molar-refractivity contribution is 0.0256. The van der Waals surface area contributed by atoms with Crippen molar-refractivity contribution in [1.29, 1.82) is 0 Å². The summed E-state index contributed by atoms with van der Waals surface area (Å²) in [5.41, 5.74) is 2.31. The van der Waals surface area contributed by atoms with Gasteiger partial charge in [0.15, 0.2) is 0 Å². The minimum Gasteiger partial charge on any atom is -0.367 e. The van der Waals surface area contributed by atoms with Crippen molar-refractivity contribution in [2.24, 2.45) is 0 Å². The largest absolute Gasteiger partial charge is 0.367 e. The highest BCUT2D eigenvalue weighted by Gasteiger charge is 2.13. The normalized spacial score (nSPS) is 12.2. The van der Waals surface area contributed by atoms with E-state index in [9.17, 15) is 0 Å². The van der Waals surface area contributed by atoms with Crippen molar-refractivity contribution in [2.75, 3.05) is 0 Å². The molecule has 1 aromatic heterocycles. The number of aromatic nitrogens is 3. The smallest absolute Gasteiger partial charge is 0.137 e. The number of hydrogen-bond donors (Lipinski definition) is 0. The van der Waals surface area contributed by atoms with Gasteiger partial charge in [-0.05, 0) is 11.1 Å². The quantitative estimate of drug-likeness (QED) is 0.695. The summed E-state index contributed by atoms with van der Waals surface area (Å²) in [6.07, 6.45) is 3.20. The second kappa shape index (κ2) is 6.81. The molecule has 0 N–H and O–H groups in total. The van der Waals surface area contributed by atoms with E-state index in [0.29, 0.717) is 13.2 Å². The van der Waals surface area contributed by atoms with Crippen LogP contribution in [-0.4, -0.2) is 14.8 Å². The van der Waals surface area contributed by atoms with Crippen LogP contribution in [0.3, 0.4) is 0 Å². The molecule has 21 heavy (non-hydrogen) atoms. The van der Waals surface area contributed by atoms with Gasteiger partial charge in [0.05, 0.1) is 13.2 Å². The van der Waals surface area contributed by atoms with Gasteiger partial charge in [-0.2, -0.15) is 5.10 Å². The Hall–Kier alpha value is -2.46. The maximum Gasteiger partial charge on any atom is 0.137 e. The van der Waals surface area contributed by atoms with Crippen LogP contribution < -0.4 is 0 Å². The first-order chi connectivity index (χ1) is 10.4. The molecule has 0 saturated carbocycles. The Balaban J connectivity index is 1.73. The average molecular weight is 279 g/mol. The summed E-state index contributed by atoms with van der Waals surface area (Å²) in [7, 11) is 0. The van der Waals surface area contributed by atoms with Gasteiger partial charge in [-0.15, -0.1) is 0 Å². The Labute approximate surface area is 124 Å². The number of ether oxygens (including phenoxy) is 1. The molecule has 0 aliphatic carbocycles.